The maximum Gasteiger partial charge on any atom is 0.216 e. The molecule has 0 aliphatic rings. The van der Waals surface area contributed by atoms with E-state index in [0.29, 0.717) is 17.9 Å². The van der Waals surface area contributed by atoms with Gasteiger partial charge in [0.2, 0.25) is 5.91 Å². The minimum absolute atomic E-state index is 0. The number of hydrogen-bond acceptors (Lipinski definition) is 5. The van der Waals surface area contributed by atoms with Crippen molar-refractivity contribution in [1.82, 2.24) is 5.32 Å². The van der Waals surface area contributed by atoms with Crippen molar-refractivity contribution in [1.29, 1.82) is 0 Å². The van der Waals surface area contributed by atoms with Gasteiger partial charge in [0.25, 0.3) is 0 Å². The number of Topliss-reactive ketones (excluding diaryl/α,β-unsaturated/α-hetero) is 1. The molecule has 0 heterocycles. The first-order chi connectivity index (χ1) is 13.4. The Morgan fingerprint density at radius 1 is 1.21 bits per heavy atom. The van der Waals surface area contributed by atoms with Gasteiger partial charge in [0, 0.05) is 25.4 Å². The van der Waals surface area contributed by atoms with Gasteiger partial charge in [0.15, 0.2) is 10.9 Å². The summed E-state index contributed by atoms with van der Waals surface area (Å²) in [6, 6.07) is 0. The molecule has 0 radical (unpaired) electrons. The standard InChI is InChI=1S/C22H39NO4S2.H2/c1-8-29(7,22(4,5)6)27-15-12-10-9-11-13-18(2)20(25)17-21(26)28-16-14-23-19(3)24;/h9,11,13H,8,10,12,14-17H2,1-7H3,(H,23,24);1H/b11-9+,18-13+;. The van der Waals surface area contributed by atoms with E-state index in [1.54, 1.807) is 13.0 Å². The average molecular weight is 448 g/mol. The highest BCUT2D eigenvalue weighted by atomic mass is 32.3. The number of nitrogens with one attached hydrogen (secondary N) is 1. The van der Waals surface area contributed by atoms with E-state index in [9.17, 15) is 14.4 Å². The summed E-state index contributed by atoms with van der Waals surface area (Å²) in [6.07, 6.45) is 9.63. The summed E-state index contributed by atoms with van der Waals surface area (Å²) in [5.41, 5.74) is 0.573. The van der Waals surface area contributed by atoms with Gasteiger partial charge in [-0.2, -0.15) is 0 Å². The highest BCUT2D eigenvalue weighted by Crippen LogP contribution is 2.56. The van der Waals surface area contributed by atoms with Gasteiger partial charge in [-0.15, -0.1) is 10.3 Å². The molecule has 29 heavy (non-hydrogen) atoms. The van der Waals surface area contributed by atoms with Crippen LogP contribution in [0.4, 0.5) is 0 Å². The van der Waals surface area contributed by atoms with E-state index in [-0.39, 0.29) is 29.4 Å². The third kappa shape index (κ3) is 12.3. The number of allylic oxidation sites excluding steroid dienone is 4. The second-order valence-electron chi connectivity index (χ2n) is 7.95. The fourth-order valence-corrected chi connectivity index (χ4v) is 4.79. The highest BCUT2D eigenvalue weighted by molar-refractivity contribution is 8.30. The summed E-state index contributed by atoms with van der Waals surface area (Å²) in [7, 11) is -1.07. The van der Waals surface area contributed by atoms with Crippen molar-refractivity contribution >= 4 is 38.9 Å². The molecule has 0 rings (SSSR count). The zero-order valence-electron chi connectivity index (χ0n) is 19.1. The molecular weight excluding hydrogens is 406 g/mol. The molecule has 1 amide bonds. The number of carbonyl (C=O) groups excluding carboxylic acids is 3. The van der Waals surface area contributed by atoms with Gasteiger partial charge in [0.1, 0.15) is 0 Å². The lowest BCUT2D eigenvalue weighted by molar-refractivity contribution is -0.121. The molecule has 7 heteroatoms. The number of rotatable bonds is 13. The first-order valence-corrected chi connectivity index (χ1v) is 13.2. The summed E-state index contributed by atoms with van der Waals surface area (Å²) in [4.78, 5) is 34.6. The van der Waals surface area contributed by atoms with Crippen LogP contribution in [-0.2, 0) is 18.6 Å². The van der Waals surface area contributed by atoms with Crippen molar-refractivity contribution in [3.63, 3.8) is 0 Å². The third-order valence-electron chi connectivity index (χ3n) is 4.67. The molecule has 0 fully saturated rings. The molecule has 0 bridgehead atoms. The highest BCUT2D eigenvalue weighted by Gasteiger charge is 2.31. The summed E-state index contributed by atoms with van der Waals surface area (Å²) in [6.45, 7) is 13.2. The number of hydrogen-bond donors (Lipinski definition) is 1. The lowest BCUT2D eigenvalue weighted by Gasteiger charge is -2.46. The second-order valence-corrected chi connectivity index (χ2v) is 13.2. The van der Waals surface area contributed by atoms with Gasteiger partial charge in [-0.3, -0.25) is 14.4 Å². The molecule has 5 nitrogen and oxygen atoms in total. The molecule has 1 N–H and O–H groups in total. The maximum absolute atomic E-state index is 12.1. The Balaban J connectivity index is 0. The van der Waals surface area contributed by atoms with E-state index in [2.05, 4.69) is 39.3 Å². The van der Waals surface area contributed by atoms with Crippen LogP contribution >= 0.6 is 22.1 Å². The SMILES string of the molecule is CCS(C)(OCCC/C=C/C=C(\C)C(=O)CC(=O)SCCNC(C)=O)C(C)(C)C.[HH]. The Labute approximate surface area is 184 Å². The zero-order valence-corrected chi connectivity index (χ0v) is 20.8. The topological polar surface area (TPSA) is 72.5 Å². The normalized spacial score (nSPS) is 15.8. The van der Waals surface area contributed by atoms with Gasteiger partial charge in [-0.25, -0.2) is 0 Å². The molecule has 0 saturated carbocycles. The van der Waals surface area contributed by atoms with Crippen molar-refractivity contribution in [3.05, 3.63) is 23.8 Å². The van der Waals surface area contributed by atoms with Crippen molar-refractivity contribution in [2.75, 3.05) is 30.9 Å². The zero-order chi connectivity index (χ0) is 22.5. The average Bonchev–Trinajstić information content (AvgIpc) is 2.62. The maximum atomic E-state index is 12.1. The van der Waals surface area contributed by atoms with Crippen LogP contribution in [0.1, 0.15) is 62.2 Å². The smallest absolute Gasteiger partial charge is 0.216 e. The van der Waals surface area contributed by atoms with Crippen LogP contribution in [0.2, 0.25) is 0 Å². The largest absolute Gasteiger partial charge is 0.356 e. The van der Waals surface area contributed by atoms with E-state index in [4.69, 9.17) is 4.18 Å². The van der Waals surface area contributed by atoms with Crippen LogP contribution in [0.3, 0.4) is 0 Å². The molecule has 0 spiro atoms. The molecule has 170 valence electrons. The first-order valence-electron chi connectivity index (χ1n) is 10.1. The number of amides is 1. The summed E-state index contributed by atoms with van der Waals surface area (Å²) < 4.78 is 6.40. The fourth-order valence-electron chi connectivity index (χ4n) is 2.25. The van der Waals surface area contributed by atoms with Crippen LogP contribution in [0.5, 0.6) is 0 Å². The molecule has 1 unspecified atom stereocenters. The molecule has 0 aromatic carbocycles. The minimum Gasteiger partial charge on any atom is -0.356 e. The summed E-state index contributed by atoms with van der Waals surface area (Å²) in [5, 5.41) is 2.45. The van der Waals surface area contributed by atoms with Crippen LogP contribution in [0.25, 0.3) is 0 Å². The number of ketones is 1. The van der Waals surface area contributed by atoms with Crippen molar-refractivity contribution in [2.45, 2.75) is 65.6 Å². The lowest BCUT2D eigenvalue weighted by atomic mass is 10.1. The van der Waals surface area contributed by atoms with Crippen molar-refractivity contribution in [2.24, 2.45) is 0 Å². The molecule has 0 aliphatic heterocycles. The second kappa shape index (κ2) is 14.0. The van der Waals surface area contributed by atoms with E-state index >= 15 is 0 Å². The predicted octanol–water partition coefficient (Wildman–Crippen LogP) is 5.05. The van der Waals surface area contributed by atoms with Gasteiger partial charge in [-0.1, -0.05) is 57.7 Å². The van der Waals surface area contributed by atoms with Crippen LogP contribution < -0.4 is 5.32 Å². The number of thioether (sulfide) groups is 1. The van der Waals surface area contributed by atoms with Gasteiger partial charge >= 0.3 is 0 Å². The Bertz CT molecular complexity index is 615. The molecule has 0 aromatic heterocycles. The Kier molecular flexibility index (Phi) is 13.5. The fraction of sp³-hybridized carbons (Fsp3) is 0.682. The minimum atomic E-state index is -1.07. The van der Waals surface area contributed by atoms with E-state index in [1.165, 1.54) is 6.92 Å². The monoisotopic (exact) mass is 447 g/mol. The van der Waals surface area contributed by atoms with Crippen molar-refractivity contribution < 1.29 is 20.0 Å². The van der Waals surface area contributed by atoms with Gasteiger partial charge in [0.05, 0.1) is 13.0 Å². The number of carbonyl (C=O) groups is 3. The summed E-state index contributed by atoms with van der Waals surface area (Å²) >= 11 is 1.08. The van der Waals surface area contributed by atoms with Gasteiger partial charge in [-0.05, 0) is 37.3 Å². The van der Waals surface area contributed by atoms with Crippen molar-refractivity contribution in [3.8, 4) is 0 Å². The molecular formula is C22H41NO4S2. The van der Waals surface area contributed by atoms with Crippen LogP contribution in [-0.4, -0.2) is 52.5 Å². The summed E-state index contributed by atoms with van der Waals surface area (Å²) in [5.74, 6) is 1.24. The Hall–Kier alpha value is -1.05. The predicted molar refractivity (Wildman–Crippen MR) is 130 cm³/mol. The van der Waals surface area contributed by atoms with E-state index in [0.717, 1.165) is 37.0 Å². The third-order valence-corrected chi connectivity index (χ3v) is 9.92. The Morgan fingerprint density at radius 2 is 1.86 bits per heavy atom. The Morgan fingerprint density at radius 3 is 2.41 bits per heavy atom. The molecule has 0 saturated heterocycles. The molecule has 0 aliphatic carbocycles. The van der Waals surface area contributed by atoms with Gasteiger partial charge < -0.3 is 9.50 Å². The van der Waals surface area contributed by atoms with E-state index in [1.807, 2.05) is 12.2 Å². The molecule has 1 atom stereocenters. The number of unbranched alkanes of at least 4 members (excludes halogenated alkanes) is 1. The van der Waals surface area contributed by atoms with Crippen LogP contribution in [0, 0.1) is 0 Å². The quantitative estimate of drug-likeness (QED) is 0.185. The first kappa shape index (κ1) is 27.9. The molecule has 0 aromatic rings. The van der Waals surface area contributed by atoms with E-state index < -0.39 is 10.3 Å². The lowest BCUT2D eigenvalue weighted by Crippen LogP contribution is -2.28. The van der Waals surface area contributed by atoms with Crippen LogP contribution in [0.15, 0.2) is 23.8 Å².